The highest BCUT2D eigenvalue weighted by Crippen LogP contribution is 2.70. The van der Waals surface area contributed by atoms with Gasteiger partial charge in [0.05, 0.1) is 17.9 Å². The van der Waals surface area contributed by atoms with Gasteiger partial charge >= 0.3 is 5.97 Å². The van der Waals surface area contributed by atoms with Crippen LogP contribution in [0.4, 0.5) is 0 Å². The summed E-state index contributed by atoms with van der Waals surface area (Å²) < 4.78 is 5.26. The zero-order chi connectivity index (χ0) is 21.9. The Morgan fingerprint density at radius 1 is 1.07 bits per heavy atom. The monoisotopic (exact) mass is 416 g/mol. The lowest BCUT2D eigenvalue weighted by molar-refractivity contribution is -0.197. The lowest BCUT2D eigenvalue weighted by atomic mass is 9.39. The number of fused-ring (bicyclic) bond motifs is 5. The van der Waals surface area contributed by atoms with Gasteiger partial charge in [-0.1, -0.05) is 40.5 Å². The van der Waals surface area contributed by atoms with Crippen molar-refractivity contribution in [2.45, 2.75) is 91.9 Å². The summed E-state index contributed by atoms with van der Waals surface area (Å²) in [7, 11) is 1.43. The van der Waals surface area contributed by atoms with Crippen molar-refractivity contribution in [2.75, 3.05) is 7.11 Å². The molecule has 0 aliphatic heterocycles. The first kappa shape index (κ1) is 22.0. The minimum atomic E-state index is -0.896. The Hall–Kier alpha value is -1.19. The molecule has 0 N–H and O–H groups in total. The minimum Gasteiger partial charge on any atom is -0.469 e. The van der Waals surface area contributed by atoms with Crippen molar-refractivity contribution in [2.24, 2.45) is 45.8 Å². The molecule has 4 heteroatoms. The second kappa shape index (κ2) is 7.45. The number of Topliss-reactive ketones (excluding diaryl/α,β-unsaturated/α-hetero) is 2. The number of methoxy groups -OCH3 is 1. The van der Waals surface area contributed by atoms with Crippen LogP contribution in [0.15, 0.2) is 0 Å². The third-order valence-electron chi connectivity index (χ3n) is 10.7. The van der Waals surface area contributed by atoms with Crippen molar-refractivity contribution < 1.29 is 19.1 Å². The molecule has 0 saturated heterocycles. The number of carbonyl (C=O) groups excluding carboxylic acids is 3. The first-order valence-electron chi connectivity index (χ1n) is 12.3. The molecule has 0 aromatic rings. The predicted octanol–water partition coefficient (Wildman–Crippen LogP) is 5.37. The van der Waals surface area contributed by atoms with Gasteiger partial charge in [-0.25, -0.2) is 0 Å². The van der Waals surface area contributed by atoms with Crippen LogP contribution in [-0.2, 0) is 19.1 Å². The molecule has 0 bridgehead atoms. The molecule has 8 atom stereocenters. The minimum absolute atomic E-state index is 0.125. The van der Waals surface area contributed by atoms with Crippen LogP contribution in [-0.4, -0.2) is 24.6 Å². The van der Waals surface area contributed by atoms with E-state index >= 15 is 0 Å². The molecular weight excluding hydrogens is 376 g/mol. The first-order chi connectivity index (χ1) is 14.2. The molecule has 4 fully saturated rings. The molecule has 4 aliphatic carbocycles. The van der Waals surface area contributed by atoms with Crippen molar-refractivity contribution in [1.82, 2.24) is 0 Å². The summed E-state index contributed by atoms with van der Waals surface area (Å²) in [6.45, 7) is 9.18. The maximum Gasteiger partial charge on any atom is 0.312 e. The Balaban J connectivity index is 1.71. The molecule has 0 amide bonds. The summed E-state index contributed by atoms with van der Waals surface area (Å²) >= 11 is 0. The van der Waals surface area contributed by atoms with E-state index in [1.165, 1.54) is 32.8 Å². The summed E-state index contributed by atoms with van der Waals surface area (Å²) in [5.74, 6) is 1.86. The third-order valence-corrected chi connectivity index (χ3v) is 10.7. The fraction of sp³-hybridized carbons (Fsp3) is 0.885. The number of ketones is 2. The highest BCUT2D eigenvalue weighted by Gasteiger charge is 2.71. The van der Waals surface area contributed by atoms with Crippen molar-refractivity contribution in [3.8, 4) is 0 Å². The van der Waals surface area contributed by atoms with Gasteiger partial charge in [-0.15, -0.1) is 0 Å². The Bertz CT molecular complexity index is 743. The number of hydrogen-bond acceptors (Lipinski definition) is 4. The third kappa shape index (κ3) is 2.67. The molecule has 4 nitrogen and oxygen atoms in total. The predicted molar refractivity (Wildman–Crippen MR) is 116 cm³/mol. The Morgan fingerprint density at radius 3 is 2.47 bits per heavy atom. The number of rotatable bonds is 4. The van der Waals surface area contributed by atoms with Gasteiger partial charge in [-0.3, -0.25) is 14.4 Å². The van der Waals surface area contributed by atoms with Crippen molar-refractivity contribution in [1.29, 1.82) is 0 Å². The molecule has 0 aromatic heterocycles. The molecule has 0 heterocycles. The standard InChI is InChI=1S/C26H40O4/c1-6-7-16(2)18-8-9-19-17-10-14-26(23(29)30-5)15-12-21(27)22(28)25(26,4)20(17)11-13-24(18,19)3/h16-20H,6-15H2,1-5H3/t16-,17+,18-,19+,20+,24-,25+,26?/m1/s1. The summed E-state index contributed by atoms with van der Waals surface area (Å²) in [4.78, 5) is 39.1. The van der Waals surface area contributed by atoms with E-state index in [1.807, 2.05) is 6.92 Å². The highest BCUT2D eigenvalue weighted by atomic mass is 16.5. The summed E-state index contributed by atoms with van der Waals surface area (Å²) in [5, 5.41) is 0. The fourth-order valence-electron chi connectivity index (χ4n) is 9.18. The summed E-state index contributed by atoms with van der Waals surface area (Å²) in [6, 6.07) is 0. The number of ether oxygens (including phenoxy) is 1. The summed E-state index contributed by atoms with van der Waals surface area (Å²) in [6.07, 6.45) is 9.48. The van der Waals surface area contributed by atoms with Crippen LogP contribution in [0.25, 0.3) is 0 Å². The van der Waals surface area contributed by atoms with Crippen LogP contribution < -0.4 is 0 Å². The van der Waals surface area contributed by atoms with E-state index < -0.39 is 10.8 Å². The van der Waals surface area contributed by atoms with E-state index in [1.54, 1.807) is 0 Å². The van der Waals surface area contributed by atoms with Gasteiger partial charge in [0.25, 0.3) is 0 Å². The van der Waals surface area contributed by atoms with Gasteiger partial charge in [0.15, 0.2) is 5.78 Å². The normalized spacial score (nSPS) is 46.6. The van der Waals surface area contributed by atoms with Gasteiger partial charge in [-0.2, -0.15) is 0 Å². The Labute approximate surface area is 181 Å². The van der Waals surface area contributed by atoms with Crippen molar-refractivity contribution >= 4 is 17.5 Å². The number of esters is 1. The van der Waals surface area contributed by atoms with E-state index in [0.717, 1.165) is 31.1 Å². The van der Waals surface area contributed by atoms with Crippen LogP contribution in [0.3, 0.4) is 0 Å². The maximum absolute atomic E-state index is 13.4. The lowest BCUT2D eigenvalue weighted by Gasteiger charge is -2.62. The SMILES string of the molecule is CCC[C@@H](C)[C@H]1CC[C@H]2[C@@H]3CCC4(C(=O)OC)CCC(=O)C(=O)[C@]4(C)[C@H]3CC[C@]12C. The van der Waals surface area contributed by atoms with E-state index in [-0.39, 0.29) is 29.9 Å². The molecule has 1 unspecified atom stereocenters. The molecule has 4 aliphatic rings. The van der Waals surface area contributed by atoms with E-state index in [0.29, 0.717) is 30.1 Å². The van der Waals surface area contributed by atoms with Gasteiger partial charge in [-0.05, 0) is 80.0 Å². The van der Waals surface area contributed by atoms with Crippen LogP contribution in [0.1, 0.15) is 91.9 Å². The number of carbonyl (C=O) groups is 3. The average Bonchev–Trinajstić information content (AvgIpc) is 3.08. The summed E-state index contributed by atoms with van der Waals surface area (Å²) in [5.41, 5.74) is -1.37. The molecule has 0 spiro atoms. The Kier molecular flexibility index (Phi) is 5.47. The topological polar surface area (TPSA) is 60.4 Å². The van der Waals surface area contributed by atoms with Gasteiger partial charge in [0, 0.05) is 6.42 Å². The maximum atomic E-state index is 13.4. The molecule has 4 saturated carbocycles. The number of hydrogen-bond donors (Lipinski definition) is 0. The molecule has 4 rings (SSSR count). The molecule has 30 heavy (non-hydrogen) atoms. The zero-order valence-corrected chi connectivity index (χ0v) is 19.6. The molecule has 168 valence electrons. The van der Waals surface area contributed by atoms with Gasteiger partial charge in [0.1, 0.15) is 0 Å². The van der Waals surface area contributed by atoms with Crippen LogP contribution in [0.2, 0.25) is 0 Å². The second-order valence-corrected chi connectivity index (χ2v) is 11.4. The fourth-order valence-corrected chi connectivity index (χ4v) is 9.18. The van der Waals surface area contributed by atoms with Crippen molar-refractivity contribution in [3.63, 3.8) is 0 Å². The van der Waals surface area contributed by atoms with E-state index in [4.69, 9.17) is 4.74 Å². The highest BCUT2D eigenvalue weighted by molar-refractivity contribution is 6.40. The smallest absolute Gasteiger partial charge is 0.312 e. The van der Waals surface area contributed by atoms with Crippen LogP contribution >= 0.6 is 0 Å². The van der Waals surface area contributed by atoms with Gasteiger partial charge in [0.2, 0.25) is 5.78 Å². The zero-order valence-electron chi connectivity index (χ0n) is 19.6. The molecular formula is C26H40O4. The van der Waals surface area contributed by atoms with Crippen LogP contribution in [0, 0.1) is 45.8 Å². The largest absolute Gasteiger partial charge is 0.469 e. The average molecular weight is 417 g/mol. The van der Waals surface area contributed by atoms with E-state index in [9.17, 15) is 14.4 Å². The second-order valence-electron chi connectivity index (χ2n) is 11.4. The Morgan fingerprint density at radius 2 is 1.80 bits per heavy atom. The van der Waals surface area contributed by atoms with E-state index in [2.05, 4.69) is 20.8 Å². The lowest BCUT2D eigenvalue weighted by Crippen LogP contribution is -2.65. The quantitative estimate of drug-likeness (QED) is 0.456. The molecule has 0 radical (unpaired) electrons. The first-order valence-corrected chi connectivity index (χ1v) is 12.3. The molecule has 0 aromatic carbocycles. The van der Waals surface area contributed by atoms with Crippen LogP contribution in [0.5, 0.6) is 0 Å². The van der Waals surface area contributed by atoms with Crippen molar-refractivity contribution in [3.05, 3.63) is 0 Å². The van der Waals surface area contributed by atoms with Gasteiger partial charge < -0.3 is 4.74 Å².